The van der Waals surface area contributed by atoms with E-state index in [-0.39, 0.29) is 10.8 Å². The first-order chi connectivity index (χ1) is 18.4. The van der Waals surface area contributed by atoms with E-state index in [0.717, 1.165) is 24.2 Å². The van der Waals surface area contributed by atoms with Gasteiger partial charge in [-0.3, -0.25) is 0 Å². The summed E-state index contributed by atoms with van der Waals surface area (Å²) in [5, 5.41) is 0. The molecule has 5 rings (SSSR count). The molecule has 202 valence electrons. The average molecular weight is 510 g/mol. The predicted molar refractivity (Wildman–Crippen MR) is 161 cm³/mol. The molecule has 0 saturated carbocycles. The molecular formula is C35H47N3. The summed E-state index contributed by atoms with van der Waals surface area (Å²) >= 11 is 0. The summed E-state index contributed by atoms with van der Waals surface area (Å²) in [6, 6.07) is 0. The molecular weight excluding hydrogens is 462 g/mol. The Morgan fingerprint density at radius 1 is 0.921 bits per heavy atom. The fourth-order valence-corrected chi connectivity index (χ4v) is 7.11. The van der Waals surface area contributed by atoms with Gasteiger partial charge in [0.15, 0.2) is 0 Å². The number of rotatable bonds is 12. The SMILES string of the molecule is CCCCCCCCCCCCC1=C2C3=C(C=C[C@]2(C)C(n2cnc(C)c2)=C1)[C@]1(C)CC(N)=CC=C1C=C3. The van der Waals surface area contributed by atoms with Crippen molar-refractivity contribution in [3.8, 4) is 0 Å². The summed E-state index contributed by atoms with van der Waals surface area (Å²) in [5.41, 5.74) is 16.7. The zero-order valence-corrected chi connectivity index (χ0v) is 24.2. The molecule has 0 spiro atoms. The highest BCUT2D eigenvalue weighted by atomic mass is 15.1. The summed E-state index contributed by atoms with van der Waals surface area (Å²) in [6.07, 6.45) is 36.2. The van der Waals surface area contributed by atoms with Gasteiger partial charge in [-0.15, -0.1) is 0 Å². The molecule has 2 N–H and O–H groups in total. The highest BCUT2D eigenvalue weighted by Gasteiger charge is 2.46. The van der Waals surface area contributed by atoms with E-state index in [1.54, 1.807) is 0 Å². The van der Waals surface area contributed by atoms with Crippen molar-refractivity contribution < 1.29 is 0 Å². The Morgan fingerprint density at radius 3 is 2.32 bits per heavy atom. The van der Waals surface area contributed by atoms with Crippen LogP contribution in [0.3, 0.4) is 0 Å². The van der Waals surface area contributed by atoms with Crippen molar-refractivity contribution in [3.05, 3.63) is 94.3 Å². The third-order valence-corrected chi connectivity index (χ3v) is 9.31. The second kappa shape index (κ2) is 11.1. The van der Waals surface area contributed by atoms with Crippen LogP contribution in [-0.4, -0.2) is 9.55 Å². The molecule has 0 aromatic carbocycles. The highest BCUT2D eigenvalue weighted by molar-refractivity contribution is 5.80. The van der Waals surface area contributed by atoms with Gasteiger partial charge >= 0.3 is 0 Å². The van der Waals surface area contributed by atoms with Gasteiger partial charge in [-0.2, -0.15) is 0 Å². The average Bonchev–Trinajstić information content (AvgIpc) is 3.44. The van der Waals surface area contributed by atoms with Gasteiger partial charge in [0.1, 0.15) is 0 Å². The highest BCUT2D eigenvalue weighted by Crippen LogP contribution is 2.59. The monoisotopic (exact) mass is 509 g/mol. The van der Waals surface area contributed by atoms with Crippen molar-refractivity contribution >= 4 is 5.70 Å². The molecule has 0 saturated heterocycles. The number of hydrogen-bond acceptors (Lipinski definition) is 2. The number of aryl methyl sites for hydroxylation is 1. The van der Waals surface area contributed by atoms with Gasteiger partial charge in [0.2, 0.25) is 0 Å². The van der Waals surface area contributed by atoms with Crippen molar-refractivity contribution in [1.29, 1.82) is 0 Å². The van der Waals surface area contributed by atoms with Crippen molar-refractivity contribution in [2.24, 2.45) is 16.6 Å². The number of aromatic nitrogens is 2. The quantitative estimate of drug-likeness (QED) is 0.285. The van der Waals surface area contributed by atoms with E-state index in [4.69, 9.17) is 5.73 Å². The first kappa shape index (κ1) is 26.8. The van der Waals surface area contributed by atoms with Crippen LogP contribution in [0.4, 0.5) is 0 Å². The Balaban J connectivity index is 1.36. The molecule has 3 nitrogen and oxygen atoms in total. The minimum absolute atomic E-state index is 0.0651. The van der Waals surface area contributed by atoms with Crippen LogP contribution in [0.2, 0.25) is 0 Å². The van der Waals surface area contributed by atoms with Crippen LogP contribution in [0.15, 0.2) is 88.6 Å². The van der Waals surface area contributed by atoms with Gasteiger partial charge < -0.3 is 10.3 Å². The zero-order valence-electron chi connectivity index (χ0n) is 24.2. The molecule has 0 amide bonds. The summed E-state index contributed by atoms with van der Waals surface area (Å²) in [6.45, 7) is 9.13. The fraction of sp³-hybridized carbons (Fsp3) is 0.514. The molecule has 3 heteroatoms. The second-order valence-corrected chi connectivity index (χ2v) is 12.4. The molecule has 0 radical (unpaired) electrons. The normalized spacial score (nSPS) is 25.7. The lowest BCUT2D eigenvalue weighted by Crippen LogP contribution is -2.33. The topological polar surface area (TPSA) is 43.8 Å². The maximum atomic E-state index is 6.37. The summed E-state index contributed by atoms with van der Waals surface area (Å²) in [5.74, 6) is 0. The van der Waals surface area contributed by atoms with E-state index in [2.05, 4.69) is 86.0 Å². The first-order valence-corrected chi connectivity index (χ1v) is 15.1. The van der Waals surface area contributed by atoms with Gasteiger partial charge in [0, 0.05) is 29.4 Å². The van der Waals surface area contributed by atoms with Crippen molar-refractivity contribution in [2.75, 3.05) is 0 Å². The van der Waals surface area contributed by atoms with Crippen LogP contribution < -0.4 is 5.73 Å². The molecule has 0 bridgehead atoms. The number of hydrogen-bond donors (Lipinski definition) is 1. The Labute approximate surface area is 230 Å². The molecule has 1 aromatic rings. The van der Waals surface area contributed by atoms with Crippen LogP contribution in [0, 0.1) is 17.8 Å². The lowest BCUT2D eigenvalue weighted by Gasteiger charge is -2.44. The van der Waals surface area contributed by atoms with Gasteiger partial charge in [-0.05, 0) is 66.7 Å². The second-order valence-electron chi connectivity index (χ2n) is 12.4. The number of unbranched alkanes of at least 4 members (excludes halogenated alkanes) is 9. The van der Waals surface area contributed by atoms with E-state index in [1.165, 1.54) is 97.8 Å². The Bertz CT molecular complexity index is 1270. The van der Waals surface area contributed by atoms with Crippen LogP contribution in [0.5, 0.6) is 0 Å². The van der Waals surface area contributed by atoms with Crippen molar-refractivity contribution in [3.63, 3.8) is 0 Å². The lowest BCUT2D eigenvalue weighted by molar-refractivity contribution is 0.473. The van der Waals surface area contributed by atoms with Crippen molar-refractivity contribution in [2.45, 2.75) is 105 Å². The Morgan fingerprint density at radius 2 is 1.63 bits per heavy atom. The number of nitrogens with zero attached hydrogens (tertiary/aromatic N) is 2. The smallest absolute Gasteiger partial charge is 0.0992 e. The van der Waals surface area contributed by atoms with Gasteiger partial charge in [-0.25, -0.2) is 4.98 Å². The maximum absolute atomic E-state index is 6.37. The Kier molecular flexibility index (Phi) is 7.84. The standard InChI is InChI=1S/C35H47N3/c1-5-6-7-8-9-10-11-12-13-14-15-27-22-32(38-24-26(2)37-25-38)34(3)21-20-31-30(33(27)34)19-17-28-16-18-29(36)23-35(28,31)4/h16-22,24-25H,5-15,23,36H2,1-4H3/t34-,35-/m1/s1. The van der Waals surface area contributed by atoms with Crippen LogP contribution in [-0.2, 0) is 0 Å². The zero-order chi connectivity index (χ0) is 26.8. The molecule has 4 aliphatic rings. The summed E-state index contributed by atoms with van der Waals surface area (Å²) in [4.78, 5) is 4.56. The lowest BCUT2D eigenvalue weighted by atomic mass is 9.60. The minimum atomic E-state index is -0.155. The number of fused-ring (bicyclic) bond motifs is 4. The molecule has 2 atom stereocenters. The van der Waals surface area contributed by atoms with E-state index < -0.39 is 0 Å². The van der Waals surface area contributed by atoms with Crippen LogP contribution >= 0.6 is 0 Å². The van der Waals surface area contributed by atoms with E-state index >= 15 is 0 Å². The van der Waals surface area contributed by atoms with Gasteiger partial charge in [0.25, 0.3) is 0 Å². The third kappa shape index (κ3) is 4.97. The van der Waals surface area contributed by atoms with E-state index in [1.807, 2.05) is 6.33 Å². The first-order valence-electron chi connectivity index (χ1n) is 15.1. The fourth-order valence-electron chi connectivity index (χ4n) is 7.11. The predicted octanol–water partition coefficient (Wildman–Crippen LogP) is 9.28. The van der Waals surface area contributed by atoms with Crippen molar-refractivity contribution in [1.82, 2.24) is 9.55 Å². The Hall–Kier alpha value is -2.81. The molecule has 38 heavy (non-hydrogen) atoms. The molecule has 1 aromatic heterocycles. The van der Waals surface area contributed by atoms with E-state index in [9.17, 15) is 0 Å². The van der Waals surface area contributed by atoms with Crippen LogP contribution in [0.25, 0.3) is 5.70 Å². The molecule has 0 aliphatic heterocycles. The van der Waals surface area contributed by atoms with Gasteiger partial charge in [-0.1, -0.05) is 102 Å². The van der Waals surface area contributed by atoms with Crippen LogP contribution in [0.1, 0.15) is 104 Å². The number of imidazole rings is 1. The third-order valence-electron chi connectivity index (χ3n) is 9.31. The van der Waals surface area contributed by atoms with E-state index in [0.29, 0.717) is 0 Å². The minimum Gasteiger partial charge on any atom is -0.402 e. The summed E-state index contributed by atoms with van der Waals surface area (Å²) in [7, 11) is 0. The number of nitrogens with two attached hydrogens (primary N) is 1. The molecule has 0 unspecified atom stereocenters. The largest absolute Gasteiger partial charge is 0.402 e. The number of allylic oxidation sites excluding steroid dienone is 14. The maximum Gasteiger partial charge on any atom is 0.0992 e. The molecule has 0 fully saturated rings. The summed E-state index contributed by atoms with van der Waals surface area (Å²) < 4.78 is 2.25. The molecule has 1 heterocycles. The molecule has 4 aliphatic carbocycles. The van der Waals surface area contributed by atoms with Gasteiger partial charge in [0.05, 0.1) is 17.4 Å².